The molecule has 0 bridgehead atoms. The highest BCUT2D eigenvalue weighted by molar-refractivity contribution is 5.64. The van der Waals surface area contributed by atoms with Gasteiger partial charge in [-0.1, -0.05) is 24.3 Å². The van der Waals surface area contributed by atoms with Crippen LogP contribution in [0.5, 0.6) is 11.5 Å². The molecule has 0 spiro atoms. The predicted octanol–water partition coefficient (Wildman–Crippen LogP) is -1.51. The standard InChI is InChI=1S/C26H34O12/c1-25(33)21(31)19(29)17(11-27)37-23(25)35-15-7-3-13(4-8-15)14-5-9-16(10-6-14)36-24-26(2,34)22(32)20(30)18(12-28)38-24/h3-10,17-24,27-34H,11-12H2,1-2H3/t17-,18-,19-,20-,21+,22+,23+,24+,25+,26+/m1/s1. The number of hydrogen-bond acceptors (Lipinski definition) is 12. The van der Waals surface area contributed by atoms with Crippen molar-refractivity contribution in [3.63, 3.8) is 0 Å². The first-order valence-corrected chi connectivity index (χ1v) is 12.1. The lowest BCUT2D eigenvalue weighted by Gasteiger charge is -2.45. The largest absolute Gasteiger partial charge is 0.462 e. The highest BCUT2D eigenvalue weighted by Gasteiger charge is 2.54. The third kappa shape index (κ3) is 5.38. The molecule has 8 N–H and O–H groups in total. The monoisotopic (exact) mass is 538 g/mol. The summed E-state index contributed by atoms with van der Waals surface area (Å²) >= 11 is 0. The summed E-state index contributed by atoms with van der Waals surface area (Å²) in [6.45, 7) is 1.40. The molecule has 210 valence electrons. The van der Waals surface area contributed by atoms with Crippen molar-refractivity contribution >= 4 is 0 Å². The Morgan fingerprint density at radius 2 is 0.947 bits per heavy atom. The summed E-state index contributed by atoms with van der Waals surface area (Å²) in [5.74, 6) is 0.630. The Balaban J connectivity index is 1.43. The van der Waals surface area contributed by atoms with E-state index in [0.29, 0.717) is 11.5 Å². The maximum Gasteiger partial charge on any atom is 0.231 e. The molecule has 10 atom stereocenters. The summed E-state index contributed by atoms with van der Waals surface area (Å²) in [4.78, 5) is 0. The molecule has 38 heavy (non-hydrogen) atoms. The third-order valence-corrected chi connectivity index (χ3v) is 7.05. The molecule has 4 rings (SSSR count). The van der Waals surface area contributed by atoms with Crippen molar-refractivity contribution in [3.8, 4) is 22.6 Å². The van der Waals surface area contributed by atoms with Crippen LogP contribution in [0.25, 0.3) is 11.1 Å². The average Bonchev–Trinajstić information content (AvgIpc) is 2.90. The lowest BCUT2D eigenvalue weighted by Crippen LogP contribution is -2.66. The Morgan fingerprint density at radius 3 is 1.24 bits per heavy atom. The molecule has 0 radical (unpaired) electrons. The van der Waals surface area contributed by atoms with Crippen LogP contribution in [0.3, 0.4) is 0 Å². The molecule has 0 aliphatic carbocycles. The Bertz CT molecular complexity index is 971. The maximum atomic E-state index is 10.6. The fourth-order valence-corrected chi connectivity index (χ4v) is 4.43. The number of ether oxygens (including phenoxy) is 4. The zero-order valence-electron chi connectivity index (χ0n) is 20.9. The number of benzene rings is 2. The van der Waals surface area contributed by atoms with Gasteiger partial charge < -0.3 is 59.8 Å². The van der Waals surface area contributed by atoms with Crippen molar-refractivity contribution in [2.75, 3.05) is 13.2 Å². The molecule has 0 saturated carbocycles. The average molecular weight is 539 g/mol. The van der Waals surface area contributed by atoms with Crippen LogP contribution in [0.4, 0.5) is 0 Å². The molecule has 2 fully saturated rings. The normalized spacial score (nSPS) is 39.5. The second kappa shape index (κ2) is 11.0. The van der Waals surface area contributed by atoms with Gasteiger partial charge in [0.25, 0.3) is 0 Å². The van der Waals surface area contributed by atoms with Gasteiger partial charge in [0.1, 0.15) is 48.1 Å². The quantitative estimate of drug-likeness (QED) is 0.203. The van der Waals surface area contributed by atoms with E-state index in [4.69, 9.17) is 18.9 Å². The van der Waals surface area contributed by atoms with Gasteiger partial charge in [0.05, 0.1) is 13.2 Å². The second-order valence-electron chi connectivity index (χ2n) is 9.99. The summed E-state index contributed by atoms with van der Waals surface area (Å²) in [7, 11) is 0. The molecule has 12 nitrogen and oxygen atoms in total. The van der Waals surface area contributed by atoms with Crippen molar-refractivity contribution in [2.45, 2.75) is 74.3 Å². The van der Waals surface area contributed by atoms with Crippen LogP contribution in [-0.2, 0) is 9.47 Å². The highest BCUT2D eigenvalue weighted by atomic mass is 16.7. The summed E-state index contributed by atoms with van der Waals surface area (Å²) in [6.07, 6.45) is -11.1. The Hall–Kier alpha value is -2.36. The van der Waals surface area contributed by atoms with Crippen LogP contribution in [0, 0.1) is 0 Å². The van der Waals surface area contributed by atoms with Crippen molar-refractivity contribution in [1.29, 1.82) is 0 Å². The van der Waals surface area contributed by atoms with E-state index < -0.39 is 73.6 Å². The van der Waals surface area contributed by atoms with Crippen LogP contribution in [0.1, 0.15) is 13.8 Å². The van der Waals surface area contributed by atoms with E-state index in [1.807, 2.05) is 0 Å². The SMILES string of the molecule is C[C@@]1(O)[C@@H](Oc2ccc(-c3ccc(O[C@H]4O[C@H](CO)[C@@H](O)[C@H](O)[C@]4(C)O)cc3)cc2)O[C@H](CO)[C@@H](O)[C@@H]1O. The van der Waals surface area contributed by atoms with Crippen LogP contribution in [0.15, 0.2) is 48.5 Å². The van der Waals surface area contributed by atoms with E-state index in [9.17, 15) is 40.9 Å². The van der Waals surface area contributed by atoms with Crippen molar-refractivity contribution in [1.82, 2.24) is 0 Å². The van der Waals surface area contributed by atoms with Crippen molar-refractivity contribution in [2.24, 2.45) is 0 Å². The van der Waals surface area contributed by atoms with E-state index in [2.05, 4.69) is 0 Å². The van der Waals surface area contributed by atoms with Gasteiger partial charge in [-0.3, -0.25) is 0 Å². The van der Waals surface area contributed by atoms with Gasteiger partial charge in [-0.25, -0.2) is 0 Å². The molecule has 2 aromatic carbocycles. The number of aliphatic hydroxyl groups excluding tert-OH is 6. The van der Waals surface area contributed by atoms with E-state index in [-0.39, 0.29) is 0 Å². The highest BCUT2D eigenvalue weighted by Crippen LogP contribution is 2.34. The van der Waals surface area contributed by atoms with Crippen molar-refractivity contribution in [3.05, 3.63) is 48.5 Å². The molecular weight excluding hydrogens is 504 g/mol. The molecule has 2 saturated heterocycles. The topological polar surface area (TPSA) is 199 Å². The molecule has 2 heterocycles. The third-order valence-electron chi connectivity index (χ3n) is 7.05. The van der Waals surface area contributed by atoms with E-state index in [1.165, 1.54) is 13.8 Å². The summed E-state index contributed by atoms with van der Waals surface area (Å²) < 4.78 is 22.3. The first-order chi connectivity index (χ1) is 17.9. The molecule has 2 aromatic rings. The van der Waals surface area contributed by atoms with E-state index in [0.717, 1.165) is 11.1 Å². The van der Waals surface area contributed by atoms with Crippen LogP contribution >= 0.6 is 0 Å². The summed E-state index contributed by atoms with van der Waals surface area (Å²) in [6, 6.07) is 13.5. The van der Waals surface area contributed by atoms with E-state index in [1.54, 1.807) is 48.5 Å². The predicted molar refractivity (Wildman–Crippen MR) is 130 cm³/mol. The second-order valence-corrected chi connectivity index (χ2v) is 9.99. The van der Waals surface area contributed by atoms with Crippen LogP contribution in [-0.4, -0.2) is 114 Å². The van der Waals surface area contributed by atoms with Gasteiger partial charge in [0.15, 0.2) is 11.2 Å². The summed E-state index contributed by atoms with van der Waals surface area (Å²) in [5.41, 5.74) is -2.28. The van der Waals surface area contributed by atoms with Gasteiger partial charge in [0.2, 0.25) is 12.6 Å². The van der Waals surface area contributed by atoms with Crippen LogP contribution in [0.2, 0.25) is 0 Å². The minimum atomic E-state index is -1.93. The molecule has 0 unspecified atom stereocenters. The number of aliphatic hydroxyl groups is 8. The lowest BCUT2D eigenvalue weighted by molar-refractivity contribution is -0.314. The van der Waals surface area contributed by atoms with Gasteiger partial charge in [-0.2, -0.15) is 0 Å². The number of rotatable bonds is 7. The van der Waals surface area contributed by atoms with Crippen molar-refractivity contribution < 1.29 is 59.8 Å². The Kier molecular flexibility index (Phi) is 8.31. The maximum absolute atomic E-state index is 10.6. The lowest BCUT2D eigenvalue weighted by atomic mass is 9.88. The Morgan fingerprint density at radius 1 is 0.632 bits per heavy atom. The zero-order valence-corrected chi connectivity index (χ0v) is 20.9. The molecule has 0 amide bonds. The van der Waals surface area contributed by atoms with Gasteiger partial charge >= 0.3 is 0 Å². The first kappa shape index (κ1) is 28.6. The van der Waals surface area contributed by atoms with Gasteiger partial charge in [-0.05, 0) is 49.2 Å². The molecule has 12 heteroatoms. The molecule has 2 aliphatic rings. The van der Waals surface area contributed by atoms with Gasteiger partial charge in [-0.15, -0.1) is 0 Å². The molecule has 0 aromatic heterocycles. The number of hydrogen-bond donors (Lipinski definition) is 8. The van der Waals surface area contributed by atoms with Gasteiger partial charge in [0, 0.05) is 0 Å². The minimum absolute atomic E-state index is 0.315. The fraction of sp³-hybridized carbons (Fsp3) is 0.538. The first-order valence-electron chi connectivity index (χ1n) is 12.1. The zero-order chi connectivity index (χ0) is 27.8. The fourth-order valence-electron chi connectivity index (χ4n) is 4.43. The molecular formula is C26H34O12. The summed E-state index contributed by atoms with van der Waals surface area (Å²) in [5, 5.41) is 80.4. The van der Waals surface area contributed by atoms with E-state index >= 15 is 0 Å². The smallest absolute Gasteiger partial charge is 0.231 e. The molecule has 2 aliphatic heterocycles. The minimum Gasteiger partial charge on any atom is -0.462 e. The Labute approximate surface area is 218 Å². The van der Waals surface area contributed by atoms with Crippen LogP contribution < -0.4 is 9.47 Å².